The van der Waals surface area contributed by atoms with Gasteiger partial charge in [0, 0.05) is 50.7 Å². The fraction of sp³-hybridized carbons (Fsp3) is 0.500. The van der Waals surface area contributed by atoms with Gasteiger partial charge < -0.3 is 14.8 Å². The van der Waals surface area contributed by atoms with E-state index in [1.807, 2.05) is 59.1 Å². The van der Waals surface area contributed by atoms with Crippen LogP contribution >= 0.6 is 0 Å². The van der Waals surface area contributed by atoms with Gasteiger partial charge in [-0.2, -0.15) is 10.1 Å². The fourth-order valence-electron chi connectivity index (χ4n) is 3.85. The summed E-state index contributed by atoms with van der Waals surface area (Å²) in [7, 11) is 1.88. The highest BCUT2D eigenvalue weighted by Crippen LogP contribution is 2.29. The van der Waals surface area contributed by atoms with Crippen LogP contribution in [0.25, 0.3) is 22.3 Å². The average molecular weight is 468 g/mol. The summed E-state index contributed by atoms with van der Waals surface area (Å²) < 4.78 is 12.5. The van der Waals surface area contributed by atoms with Crippen LogP contribution in [0.1, 0.15) is 26.3 Å². The Balaban J connectivity index is 1.47. The van der Waals surface area contributed by atoms with Crippen molar-refractivity contribution in [3.63, 3.8) is 0 Å². The zero-order valence-electron chi connectivity index (χ0n) is 20.5. The van der Waals surface area contributed by atoms with Crippen molar-refractivity contribution in [3.8, 4) is 11.3 Å². The van der Waals surface area contributed by atoms with E-state index in [1.54, 1.807) is 4.68 Å². The van der Waals surface area contributed by atoms with Crippen LogP contribution in [-0.2, 0) is 16.5 Å². The van der Waals surface area contributed by atoms with Crippen molar-refractivity contribution < 1.29 is 14.3 Å². The number of carbonyl (C=O) groups is 1. The maximum atomic E-state index is 12.1. The number of amides is 1. The van der Waals surface area contributed by atoms with Crippen molar-refractivity contribution in [1.82, 2.24) is 24.6 Å². The van der Waals surface area contributed by atoms with Gasteiger partial charge in [-0.1, -0.05) is 6.07 Å². The second-order valence-corrected chi connectivity index (χ2v) is 9.44. The van der Waals surface area contributed by atoms with Gasteiger partial charge in [-0.05, 0) is 45.4 Å². The zero-order chi connectivity index (χ0) is 24.3. The maximum Gasteiger partial charge on any atom is 0.412 e. The number of aryl methyl sites for hydroxylation is 2. The number of morpholine rings is 1. The molecule has 1 aromatic carbocycles. The zero-order valence-corrected chi connectivity index (χ0v) is 20.5. The molecule has 1 fully saturated rings. The molecule has 3 aromatic rings. The number of carbonyl (C=O) groups excluding carboxylic acids is 1. The predicted octanol–water partition coefficient (Wildman–Crippen LogP) is 3.43. The third-order valence-electron chi connectivity index (χ3n) is 5.53. The summed E-state index contributed by atoms with van der Waals surface area (Å²) in [5.41, 5.74) is 3.53. The van der Waals surface area contributed by atoms with E-state index in [1.165, 1.54) is 0 Å². The molecule has 3 heterocycles. The number of nitrogens with zero attached hydrogens (tertiary/aromatic N) is 5. The molecule has 34 heavy (non-hydrogen) atoms. The third kappa shape index (κ3) is 5.81. The van der Waals surface area contributed by atoms with Gasteiger partial charge in [0.25, 0.3) is 0 Å². The fourth-order valence-corrected chi connectivity index (χ4v) is 3.85. The van der Waals surface area contributed by atoms with E-state index < -0.39 is 11.7 Å². The lowest BCUT2D eigenvalue weighted by molar-refractivity contribution is 0.0398. The molecule has 2 N–H and O–H groups in total. The number of aromatic nitrogens is 4. The van der Waals surface area contributed by atoms with Crippen LogP contribution in [0.15, 0.2) is 24.4 Å². The quantitative estimate of drug-likeness (QED) is 0.568. The highest BCUT2D eigenvalue weighted by atomic mass is 16.6. The first-order valence-electron chi connectivity index (χ1n) is 11.5. The van der Waals surface area contributed by atoms with Gasteiger partial charge in [0.05, 0.1) is 18.6 Å². The number of benzene rings is 1. The number of rotatable bonds is 6. The largest absolute Gasteiger partial charge is 0.444 e. The molecular formula is C24H33N7O3. The van der Waals surface area contributed by atoms with Gasteiger partial charge in [0.2, 0.25) is 5.95 Å². The van der Waals surface area contributed by atoms with Crippen LogP contribution in [-0.4, -0.2) is 75.7 Å². The topological polar surface area (TPSA) is 106 Å². The Morgan fingerprint density at radius 3 is 2.71 bits per heavy atom. The molecule has 0 radical (unpaired) electrons. The minimum Gasteiger partial charge on any atom is -0.444 e. The first-order chi connectivity index (χ1) is 16.2. The smallest absolute Gasteiger partial charge is 0.412 e. The van der Waals surface area contributed by atoms with Crippen LogP contribution < -0.4 is 10.6 Å². The Bertz CT molecular complexity index is 1160. The number of nitrogens with one attached hydrogen (secondary N) is 2. The minimum atomic E-state index is -0.555. The Morgan fingerprint density at radius 1 is 1.24 bits per heavy atom. The number of anilines is 2. The van der Waals surface area contributed by atoms with E-state index in [0.717, 1.165) is 67.2 Å². The first kappa shape index (κ1) is 23.9. The molecule has 1 amide bonds. The lowest BCUT2D eigenvalue weighted by Crippen LogP contribution is -2.39. The van der Waals surface area contributed by atoms with E-state index >= 15 is 0 Å². The van der Waals surface area contributed by atoms with Crippen LogP contribution in [0, 0.1) is 6.92 Å². The summed E-state index contributed by atoms with van der Waals surface area (Å²) in [6.45, 7) is 12.6. The van der Waals surface area contributed by atoms with Gasteiger partial charge in [0.15, 0.2) is 5.65 Å². The highest BCUT2D eigenvalue weighted by Gasteiger charge is 2.18. The molecule has 0 saturated carbocycles. The minimum absolute atomic E-state index is 0.478. The number of fused-ring (bicyclic) bond motifs is 1. The summed E-state index contributed by atoms with van der Waals surface area (Å²) in [5.74, 6) is 0.586. The van der Waals surface area contributed by atoms with Crippen LogP contribution in [0.4, 0.5) is 16.4 Å². The predicted molar refractivity (Wildman–Crippen MR) is 132 cm³/mol. The SMILES string of the molecule is Cc1cc(-c2nn(C)c3nc(NCCN4CCOCC4)ncc23)ccc1NC(=O)OC(C)(C)C. The van der Waals surface area contributed by atoms with E-state index in [4.69, 9.17) is 9.47 Å². The highest BCUT2D eigenvalue weighted by molar-refractivity contribution is 5.92. The standard InChI is InChI=1S/C24H33N7O3/c1-16-14-17(6-7-19(16)27-23(32)34-24(2,3)4)20-18-15-26-22(28-21(18)30(5)29-20)25-8-9-31-10-12-33-13-11-31/h6-7,14-15H,8-13H2,1-5H3,(H,27,32)(H,25,26,28). The van der Waals surface area contributed by atoms with E-state index in [9.17, 15) is 4.79 Å². The summed E-state index contributed by atoms with van der Waals surface area (Å²) >= 11 is 0. The molecule has 0 atom stereocenters. The average Bonchev–Trinajstić information content (AvgIpc) is 3.11. The van der Waals surface area contributed by atoms with Crippen molar-refractivity contribution in [2.45, 2.75) is 33.3 Å². The number of hydrogen-bond donors (Lipinski definition) is 2. The molecule has 0 aliphatic carbocycles. The molecular weight excluding hydrogens is 434 g/mol. The third-order valence-corrected chi connectivity index (χ3v) is 5.53. The van der Waals surface area contributed by atoms with Gasteiger partial charge in [-0.25, -0.2) is 14.5 Å². The Hall–Kier alpha value is -3.24. The van der Waals surface area contributed by atoms with Gasteiger partial charge >= 0.3 is 6.09 Å². The van der Waals surface area contributed by atoms with Gasteiger partial charge in [0.1, 0.15) is 11.3 Å². The van der Waals surface area contributed by atoms with Crippen LogP contribution in [0.3, 0.4) is 0 Å². The van der Waals surface area contributed by atoms with E-state index in [-0.39, 0.29) is 0 Å². The monoisotopic (exact) mass is 467 g/mol. The second kappa shape index (κ2) is 9.94. The van der Waals surface area contributed by atoms with E-state index in [0.29, 0.717) is 11.6 Å². The number of ether oxygens (including phenoxy) is 2. The van der Waals surface area contributed by atoms with Crippen molar-refractivity contribution in [2.24, 2.45) is 7.05 Å². The summed E-state index contributed by atoms with van der Waals surface area (Å²) in [4.78, 5) is 23.7. The molecule has 10 heteroatoms. The first-order valence-corrected chi connectivity index (χ1v) is 11.5. The molecule has 0 unspecified atom stereocenters. The number of hydrogen-bond acceptors (Lipinski definition) is 8. The van der Waals surface area contributed by atoms with Crippen LogP contribution in [0.2, 0.25) is 0 Å². The normalized spacial score (nSPS) is 14.9. The van der Waals surface area contributed by atoms with E-state index in [2.05, 4.69) is 30.6 Å². The Labute approximate surface area is 199 Å². The van der Waals surface area contributed by atoms with Crippen molar-refractivity contribution in [3.05, 3.63) is 30.0 Å². The van der Waals surface area contributed by atoms with Crippen molar-refractivity contribution in [2.75, 3.05) is 50.0 Å². The molecule has 1 aliphatic heterocycles. The molecule has 182 valence electrons. The molecule has 10 nitrogen and oxygen atoms in total. The molecule has 0 spiro atoms. The van der Waals surface area contributed by atoms with Crippen molar-refractivity contribution >= 4 is 28.8 Å². The Kier molecular flexibility index (Phi) is 6.99. The summed E-state index contributed by atoms with van der Waals surface area (Å²) in [6.07, 6.45) is 1.33. The van der Waals surface area contributed by atoms with Crippen molar-refractivity contribution in [1.29, 1.82) is 0 Å². The van der Waals surface area contributed by atoms with Crippen LogP contribution in [0.5, 0.6) is 0 Å². The van der Waals surface area contributed by atoms with Gasteiger partial charge in [-0.15, -0.1) is 0 Å². The maximum absolute atomic E-state index is 12.1. The lowest BCUT2D eigenvalue weighted by atomic mass is 10.1. The molecule has 1 aliphatic rings. The second-order valence-electron chi connectivity index (χ2n) is 9.44. The lowest BCUT2D eigenvalue weighted by Gasteiger charge is -2.26. The molecule has 2 aromatic heterocycles. The molecule has 0 bridgehead atoms. The molecule has 1 saturated heterocycles. The summed E-state index contributed by atoms with van der Waals surface area (Å²) in [6, 6.07) is 5.77. The summed E-state index contributed by atoms with van der Waals surface area (Å²) in [5, 5.41) is 11.7. The van der Waals surface area contributed by atoms with Gasteiger partial charge in [-0.3, -0.25) is 10.2 Å². The molecule has 4 rings (SSSR count). The Morgan fingerprint density at radius 2 is 2.00 bits per heavy atom.